The molecule has 0 unspecified atom stereocenters. The number of thiophene rings is 1. The maximum absolute atomic E-state index is 4.94. The maximum Gasteiger partial charge on any atom is 0.179 e. The first-order valence-electron chi connectivity index (χ1n) is 18.7. The van der Waals surface area contributed by atoms with Crippen LogP contribution in [0, 0.1) is 0 Å². The van der Waals surface area contributed by atoms with Crippen molar-refractivity contribution in [3.8, 4) is 27.9 Å². The standard InChI is InChI=1S/C50H34N2S2Si/c1-3-16-38(17-4-1)55(39-18-5-2-6-19-39,41-21-12-15-36(32-41)42-23-13-24-44-43-22-7-10-27-48(43)54-49(42)44)40-20-11-14-34(31-40)35-28-29-46-37(30-35)33-53-50-51-45-25-8-9-26-47(45)52(46)50/h1-32H,33H2. The molecular formula is C50H34N2S2Si. The van der Waals surface area contributed by atoms with Crippen molar-refractivity contribution in [2.75, 3.05) is 0 Å². The largest absolute Gasteiger partial charge is 0.287 e. The van der Waals surface area contributed by atoms with Gasteiger partial charge in [0.25, 0.3) is 0 Å². The van der Waals surface area contributed by atoms with Crippen molar-refractivity contribution < 1.29 is 0 Å². The fourth-order valence-electron chi connectivity index (χ4n) is 8.78. The highest BCUT2D eigenvalue weighted by atomic mass is 32.2. The van der Waals surface area contributed by atoms with E-state index in [0.717, 1.165) is 21.9 Å². The number of hydrogen-bond acceptors (Lipinski definition) is 3. The molecule has 0 N–H and O–H groups in total. The predicted molar refractivity (Wildman–Crippen MR) is 238 cm³/mol. The fraction of sp³-hybridized carbons (Fsp3) is 0.0200. The minimum Gasteiger partial charge on any atom is -0.287 e. The van der Waals surface area contributed by atoms with Crippen LogP contribution in [0.4, 0.5) is 0 Å². The second-order valence-corrected chi connectivity index (χ2v) is 20.1. The van der Waals surface area contributed by atoms with E-state index in [9.17, 15) is 0 Å². The van der Waals surface area contributed by atoms with E-state index >= 15 is 0 Å². The van der Waals surface area contributed by atoms with Crippen LogP contribution in [-0.4, -0.2) is 17.6 Å². The van der Waals surface area contributed by atoms with Gasteiger partial charge in [-0.2, -0.15) is 0 Å². The molecule has 0 spiro atoms. The molecule has 0 atom stereocenters. The molecule has 0 aliphatic carbocycles. The Kier molecular flexibility index (Phi) is 7.73. The number of benzene rings is 8. The Morgan fingerprint density at radius 1 is 0.491 bits per heavy atom. The SMILES string of the molecule is c1ccc([Si](c2ccccc2)(c2cccc(-c3ccc4c(c3)CSc3nc5ccccc5n3-4)c2)c2cccc(-c3cccc4c3sc3ccccc34)c2)cc1. The topological polar surface area (TPSA) is 17.8 Å². The van der Waals surface area contributed by atoms with E-state index in [1.807, 2.05) is 23.1 Å². The molecule has 2 nitrogen and oxygen atoms in total. The predicted octanol–water partition coefficient (Wildman–Crippen LogP) is 10.7. The first-order valence-corrected chi connectivity index (χ1v) is 22.5. The molecule has 1 aliphatic rings. The summed E-state index contributed by atoms with van der Waals surface area (Å²) < 4.78 is 5.00. The third kappa shape index (κ3) is 5.19. The van der Waals surface area contributed by atoms with Gasteiger partial charge in [0, 0.05) is 25.9 Å². The monoisotopic (exact) mass is 754 g/mol. The Balaban J connectivity index is 1.11. The van der Waals surface area contributed by atoms with Crippen LogP contribution in [0.3, 0.4) is 0 Å². The zero-order chi connectivity index (χ0) is 36.3. The summed E-state index contributed by atoms with van der Waals surface area (Å²) in [4.78, 5) is 4.94. The third-order valence-electron chi connectivity index (χ3n) is 11.3. The second kappa shape index (κ2) is 13.1. The van der Waals surface area contributed by atoms with Crippen molar-refractivity contribution in [1.82, 2.24) is 9.55 Å². The average Bonchev–Trinajstić information content (AvgIpc) is 3.84. The number of rotatable bonds is 6. The van der Waals surface area contributed by atoms with E-state index in [4.69, 9.17) is 4.98 Å². The molecule has 3 heterocycles. The van der Waals surface area contributed by atoms with Gasteiger partial charge in [0.15, 0.2) is 13.2 Å². The van der Waals surface area contributed by atoms with Gasteiger partial charge in [-0.1, -0.05) is 176 Å². The fourth-order valence-corrected chi connectivity index (χ4v) is 15.8. The van der Waals surface area contributed by atoms with Crippen molar-refractivity contribution >= 4 is 83.1 Å². The molecule has 0 radical (unpaired) electrons. The smallest absolute Gasteiger partial charge is 0.179 e. The molecule has 0 amide bonds. The molecule has 0 saturated heterocycles. The van der Waals surface area contributed by atoms with Crippen molar-refractivity contribution in [1.29, 1.82) is 0 Å². The number of aromatic nitrogens is 2. The number of thioether (sulfide) groups is 1. The molecule has 1 aliphatic heterocycles. The molecule has 260 valence electrons. The van der Waals surface area contributed by atoms with Crippen LogP contribution in [0.25, 0.3) is 59.1 Å². The molecule has 0 fully saturated rings. The van der Waals surface area contributed by atoms with Crippen molar-refractivity contribution in [3.05, 3.63) is 200 Å². The molecule has 8 aromatic carbocycles. The summed E-state index contributed by atoms with van der Waals surface area (Å²) >= 11 is 3.72. The summed E-state index contributed by atoms with van der Waals surface area (Å²) in [6.07, 6.45) is 0. The summed E-state index contributed by atoms with van der Waals surface area (Å²) in [5.41, 5.74) is 9.79. The van der Waals surface area contributed by atoms with Crippen LogP contribution >= 0.6 is 23.1 Å². The molecular weight excluding hydrogens is 721 g/mol. The van der Waals surface area contributed by atoms with E-state index in [-0.39, 0.29) is 0 Å². The molecule has 2 aromatic heterocycles. The Hall–Kier alpha value is -5.98. The Bertz CT molecular complexity index is 3020. The lowest BCUT2D eigenvalue weighted by Crippen LogP contribution is -2.74. The highest BCUT2D eigenvalue weighted by molar-refractivity contribution is 7.98. The van der Waals surface area contributed by atoms with Crippen molar-refractivity contribution in [2.45, 2.75) is 10.9 Å². The van der Waals surface area contributed by atoms with E-state index in [2.05, 4.69) is 199 Å². The van der Waals surface area contributed by atoms with Crippen molar-refractivity contribution in [3.63, 3.8) is 0 Å². The summed E-state index contributed by atoms with van der Waals surface area (Å²) in [6.45, 7) is 0. The molecule has 10 aromatic rings. The first-order chi connectivity index (χ1) is 27.3. The van der Waals surface area contributed by atoms with Gasteiger partial charge in [0.2, 0.25) is 0 Å². The lowest BCUT2D eigenvalue weighted by atomic mass is 10.0. The van der Waals surface area contributed by atoms with Gasteiger partial charge >= 0.3 is 0 Å². The summed E-state index contributed by atoms with van der Waals surface area (Å²) in [5.74, 6) is 0.901. The second-order valence-electron chi connectivity index (χ2n) is 14.3. The average molecular weight is 755 g/mol. The highest BCUT2D eigenvalue weighted by Gasteiger charge is 2.41. The lowest BCUT2D eigenvalue weighted by Gasteiger charge is -2.35. The Labute approximate surface area is 329 Å². The first kappa shape index (κ1) is 32.4. The lowest BCUT2D eigenvalue weighted by molar-refractivity contribution is 0.895. The Morgan fingerprint density at radius 2 is 1.11 bits per heavy atom. The molecule has 0 bridgehead atoms. The molecule has 5 heteroatoms. The minimum absolute atomic E-state index is 0.901. The maximum atomic E-state index is 4.94. The van der Waals surface area contributed by atoms with Crippen LogP contribution in [-0.2, 0) is 5.75 Å². The zero-order valence-electron chi connectivity index (χ0n) is 29.9. The number of nitrogens with zero attached hydrogens (tertiary/aromatic N) is 2. The summed E-state index contributed by atoms with van der Waals surface area (Å²) in [7, 11) is -2.84. The number of hydrogen-bond donors (Lipinski definition) is 0. The van der Waals surface area contributed by atoms with E-state index in [0.29, 0.717) is 0 Å². The molecule has 11 rings (SSSR count). The number of fused-ring (bicyclic) bond motifs is 8. The quantitative estimate of drug-likeness (QED) is 0.124. The van der Waals surface area contributed by atoms with Crippen LogP contribution < -0.4 is 20.7 Å². The van der Waals surface area contributed by atoms with Crippen LogP contribution in [0.15, 0.2) is 199 Å². The molecule has 55 heavy (non-hydrogen) atoms. The third-order valence-corrected chi connectivity index (χ3v) is 18.2. The van der Waals surface area contributed by atoms with Crippen LogP contribution in [0.5, 0.6) is 0 Å². The van der Waals surface area contributed by atoms with Crippen LogP contribution in [0.2, 0.25) is 0 Å². The van der Waals surface area contributed by atoms with E-state index in [1.165, 1.54) is 74.4 Å². The van der Waals surface area contributed by atoms with Gasteiger partial charge in [-0.25, -0.2) is 4.98 Å². The summed E-state index contributed by atoms with van der Waals surface area (Å²) in [5, 5.41) is 9.21. The summed E-state index contributed by atoms with van der Waals surface area (Å²) in [6, 6.07) is 72.5. The van der Waals surface area contributed by atoms with Gasteiger partial charge in [-0.05, 0) is 78.9 Å². The van der Waals surface area contributed by atoms with Gasteiger partial charge < -0.3 is 0 Å². The van der Waals surface area contributed by atoms with Crippen LogP contribution in [0.1, 0.15) is 5.56 Å². The van der Waals surface area contributed by atoms with E-state index < -0.39 is 8.07 Å². The normalized spacial score (nSPS) is 12.6. The van der Waals surface area contributed by atoms with Gasteiger partial charge in [0.1, 0.15) is 0 Å². The zero-order valence-corrected chi connectivity index (χ0v) is 32.5. The highest BCUT2D eigenvalue weighted by Crippen LogP contribution is 2.41. The van der Waals surface area contributed by atoms with Crippen molar-refractivity contribution in [2.24, 2.45) is 0 Å². The van der Waals surface area contributed by atoms with E-state index in [1.54, 1.807) is 0 Å². The molecule has 0 saturated carbocycles. The van der Waals surface area contributed by atoms with Gasteiger partial charge in [-0.3, -0.25) is 4.57 Å². The number of imidazole rings is 1. The Morgan fingerprint density at radius 3 is 1.91 bits per heavy atom. The minimum atomic E-state index is -2.84. The van der Waals surface area contributed by atoms with Gasteiger partial charge in [0.05, 0.1) is 16.7 Å². The van der Waals surface area contributed by atoms with Gasteiger partial charge in [-0.15, -0.1) is 11.3 Å². The number of para-hydroxylation sites is 2.